The summed E-state index contributed by atoms with van der Waals surface area (Å²) in [5.41, 5.74) is 1.43. The highest BCUT2D eigenvalue weighted by Gasteiger charge is 2.39. The maximum Gasteiger partial charge on any atom is 0.261 e. The number of piperidine rings is 1. The van der Waals surface area contributed by atoms with Gasteiger partial charge in [0.05, 0.1) is 28.4 Å². The van der Waals surface area contributed by atoms with Crippen molar-refractivity contribution in [2.45, 2.75) is 36.6 Å². The average Bonchev–Trinajstić information content (AvgIpc) is 3.25. The molecule has 2 N–H and O–H groups in total. The Morgan fingerprint density at radius 3 is 2.49 bits per heavy atom. The summed E-state index contributed by atoms with van der Waals surface area (Å²) in [5.74, 6) is 1.25. The number of aryl methyl sites for hydroxylation is 1. The number of aromatic amines is 1. The first kappa shape index (κ1) is 24.5. The van der Waals surface area contributed by atoms with E-state index in [9.17, 15) is 18.5 Å². The fourth-order valence-corrected chi connectivity index (χ4v) is 5.49. The molecule has 0 amide bonds. The van der Waals surface area contributed by atoms with E-state index in [2.05, 4.69) is 26.3 Å². The molecule has 0 radical (unpaired) electrons. The molecule has 0 bridgehead atoms. The van der Waals surface area contributed by atoms with Crippen molar-refractivity contribution in [2.75, 3.05) is 29.6 Å². The van der Waals surface area contributed by atoms with Gasteiger partial charge in [0.2, 0.25) is 0 Å². The largest absolute Gasteiger partial charge is 0.356 e. The lowest BCUT2D eigenvalue weighted by molar-refractivity contribution is 0.210. The summed E-state index contributed by atoms with van der Waals surface area (Å²) in [6, 6.07) is 14.5. The van der Waals surface area contributed by atoms with Crippen molar-refractivity contribution >= 4 is 38.1 Å². The zero-order chi connectivity index (χ0) is 26.2. The van der Waals surface area contributed by atoms with Crippen LogP contribution >= 0.6 is 0 Å². The number of rotatable bonds is 6. The van der Waals surface area contributed by atoms with Gasteiger partial charge in [-0.15, -0.1) is 0 Å². The van der Waals surface area contributed by atoms with Gasteiger partial charge in [0, 0.05) is 37.4 Å². The van der Waals surface area contributed by atoms with Crippen LogP contribution in [0, 0.1) is 18.3 Å². The molecule has 1 saturated heterocycles. The molecule has 3 aromatic heterocycles. The fourth-order valence-electron chi connectivity index (χ4n) is 4.86. The van der Waals surface area contributed by atoms with Crippen LogP contribution in [0.2, 0.25) is 0 Å². The van der Waals surface area contributed by atoms with Crippen molar-refractivity contribution in [3.05, 3.63) is 70.8 Å². The number of pyridine rings is 2. The van der Waals surface area contributed by atoms with Crippen LogP contribution in [0.15, 0.2) is 64.5 Å². The van der Waals surface area contributed by atoms with Crippen molar-refractivity contribution in [1.29, 1.82) is 5.26 Å². The van der Waals surface area contributed by atoms with Gasteiger partial charge >= 0.3 is 0 Å². The Morgan fingerprint density at radius 1 is 1.14 bits per heavy atom. The summed E-state index contributed by atoms with van der Waals surface area (Å²) in [5, 5.41) is 18.2. The SMILES string of the molecule is Cc1ccc(N2CCC(CC#N)(n3nc(Nc4ccc(S(C)(=O)=O)cc4)c4c(=O)[nH]ccc43)CC2)nc1. The van der Waals surface area contributed by atoms with E-state index in [1.807, 2.05) is 29.9 Å². The maximum atomic E-state index is 12.9. The standard InChI is InChI=1S/C26H27N7O3S/c1-18-3-8-22(29-17-18)32-15-11-26(10-13-27,12-16-32)33-21-9-14-28-25(34)23(21)24(31-33)30-19-4-6-20(7-5-19)37(2,35)36/h3-9,14,17H,10-12,15-16H2,1-2H3,(H,28,34)(H,30,31). The highest BCUT2D eigenvalue weighted by atomic mass is 32.2. The number of fused-ring (bicyclic) bond motifs is 1. The second-order valence-corrected chi connectivity index (χ2v) is 11.5. The number of benzene rings is 1. The van der Waals surface area contributed by atoms with Gasteiger partial charge in [-0.25, -0.2) is 13.4 Å². The summed E-state index contributed by atoms with van der Waals surface area (Å²) in [6.07, 6.45) is 6.14. The quantitative estimate of drug-likeness (QED) is 0.397. The lowest BCUT2D eigenvalue weighted by atomic mass is 9.84. The summed E-state index contributed by atoms with van der Waals surface area (Å²) >= 11 is 0. The number of anilines is 3. The van der Waals surface area contributed by atoms with Crippen molar-refractivity contribution in [3.63, 3.8) is 0 Å². The van der Waals surface area contributed by atoms with E-state index in [1.165, 1.54) is 12.1 Å². The number of sulfone groups is 1. The number of H-pyrrole nitrogens is 1. The zero-order valence-electron chi connectivity index (χ0n) is 20.6. The minimum atomic E-state index is -3.33. The monoisotopic (exact) mass is 517 g/mol. The molecule has 37 heavy (non-hydrogen) atoms. The van der Waals surface area contributed by atoms with E-state index in [4.69, 9.17) is 5.10 Å². The van der Waals surface area contributed by atoms with Gasteiger partial charge in [-0.1, -0.05) is 6.07 Å². The number of nitrogens with one attached hydrogen (secondary N) is 2. The van der Waals surface area contributed by atoms with Crippen LogP contribution in [0.1, 0.15) is 24.8 Å². The van der Waals surface area contributed by atoms with Crippen LogP contribution < -0.4 is 15.8 Å². The molecule has 10 nitrogen and oxygen atoms in total. The number of hydrogen-bond acceptors (Lipinski definition) is 8. The van der Waals surface area contributed by atoms with Gasteiger partial charge < -0.3 is 15.2 Å². The van der Waals surface area contributed by atoms with E-state index < -0.39 is 15.4 Å². The predicted molar refractivity (Wildman–Crippen MR) is 142 cm³/mol. The topological polar surface area (TPSA) is 137 Å². The van der Waals surface area contributed by atoms with Crippen molar-refractivity contribution < 1.29 is 8.42 Å². The molecule has 11 heteroatoms. The molecule has 190 valence electrons. The Morgan fingerprint density at radius 2 is 1.86 bits per heavy atom. The molecule has 1 aliphatic heterocycles. The van der Waals surface area contributed by atoms with Gasteiger partial charge in [0.1, 0.15) is 11.2 Å². The third-order valence-corrected chi connectivity index (χ3v) is 8.05. The maximum absolute atomic E-state index is 12.9. The Balaban J connectivity index is 1.51. The molecular weight excluding hydrogens is 490 g/mol. The smallest absolute Gasteiger partial charge is 0.261 e. The molecule has 5 rings (SSSR count). The molecule has 4 aromatic rings. The van der Waals surface area contributed by atoms with E-state index in [0.717, 1.165) is 17.6 Å². The van der Waals surface area contributed by atoms with Gasteiger partial charge in [0.25, 0.3) is 5.56 Å². The molecule has 1 aromatic carbocycles. The first-order chi connectivity index (χ1) is 17.7. The lowest BCUT2D eigenvalue weighted by Crippen LogP contribution is -2.47. The van der Waals surface area contributed by atoms with Crippen molar-refractivity contribution in [2.24, 2.45) is 0 Å². The summed E-state index contributed by atoms with van der Waals surface area (Å²) in [4.78, 5) is 22.6. The number of hydrogen-bond donors (Lipinski definition) is 2. The zero-order valence-corrected chi connectivity index (χ0v) is 21.4. The molecular formula is C26H27N7O3S. The van der Waals surface area contributed by atoms with Gasteiger partial charge in [-0.3, -0.25) is 9.48 Å². The third kappa shape index (κ3) is 4.68. The van der Waals surface area contributed by atoms with Crippen LogP contribution in [0.5, 0.6) is 0 Å². The average molecular weight is 518 g/mol. The van der Waals surface area contributed by atoms with E-state index in [-0.39, 0.29) is 16.9 Å². The first-order valence-corrected chi connectivity index (χ1v) is 13.8. The van der Waals surface area contributed by atoms with Crippen molar-refractivity contribution in [1.82, 2.24) is 19.7 Å². The molecule has 4 heterocycles. The molecule has 0 atom stereocenters. The van der Waals surface area contributed by atoms with Gasteiger partial charge in [-0.05, 0) is 61.7 Å². The Hall–Kier alpha value is -4.17. The van der Waals surface area contributed by atoms with Crippen molar-refractivity contribution in [3.8, 4) is 6.07 Å². The number of nitrogens with zero attached hydrogens (tertiary/aromatic N) is 5. The Kier molecular flexibility index (Phi) is 6.21. The summed E-state index contributed by atoms with van der Waals surface area (Å²) in [6.45, 7) is 3.39. The molecule has 1 aliphatic rings. The highest BCUT2D eigenvalue weighted by Crippen LogP contribution is 2.38. The summed E-state index contributed by atoms with van der Waals surface area (Å²) in [7, 11) is -3.33. The van der Waals surface area contributed by atoms with Crippen LogP contribution in [-0.2, 0) is 15.4 Å². The minimum Gasteiger partial charge on any atom is -0.356 e. The normalized spacial score (nSPS) is 15.4. The summed E-state index contributed by atoms with van der Waals surface area (Å²) < 4.78 is 25.4. The van der Waals surface area contributed by atoms with Gasteiger partial charge in [-0.2, -0.15) is 10.4 Å². The molecule has 0 unspecified atom stereocenters. The van der Waals surface area contributed by atoms with Gasteiger partial charge in [0.15, 0.2) is 15.7 Å². The number of aromatic nitrogens is 4. The van der Waals surface area contributed by atoms with Crippen LogP contribution in [-0.4, -0.2) is 47.5 Å². The Bertz CT molecular complexity index is 1640. The van der Waals surface area contributed by atoms with Crippen LogP contribution in [0.25, 0.3) is 10.9 Å². The Labute approximate surface area is 214 Å². The van der Waals surface area contributed by atoms with E-state index in [1.54, 1.807) is 24.4 Å². The second-order valence-electron chi connectivity index (χ2n) is 9.49. The predicted octanol–water partition coefficient (Wildman–Crippen LogP) is 3.48. The lowest BCUT2D eigenvalue weighted by Gasteiger charge is -2.41. The fraction of sp³-hybridized carbons (Fsp3) is 0.308. The highest BCUT2D eigenvalue weighted by molar-refractivity contribution is 7.90. The molecule has 0 saturated carbocycles. The first-order valence-electron chi connectivity index (χ1n) is 11.9. The molecule has 1 fully saturated rings. The van der Waals surface area contributed by atoms with Crippen LogP contribution in [0.4, 0.5) is 17.3 Å². The van der Waals surface area contributed by atoms with E-state index in [0.29, 0.717) is 48.3 Å². The van der Waals surface area contributed by atoms with Crippen LogP contribution in [0.3, 0.4) is 0 Å². The second kappa shape index (κ2) is 9.37. The van der Waals surface area contributed by atoms with E-state index >= 15 is 0 Å². The molecule has 0 spiro atoms. The third-order valence-electron chi connectivity index (χ3n) is 6.92. The minimum absolute atomic E-state index is 0.203. The number of nitriles is 1. The molecule has 0 aliphatic carbocycles.